The molecular weight excluding hydrogens is 518 g/mol. The predicted octanol–water partition coefficient (Wildman–Crippen LogP) is 2.90. The summed E-state index contributed by atoms with van der Waals surface area (Å²) >= 11 is 0. The third-order valence-electron chi connectivity index (χ3n) is 5.43. The molecule has 2 atom stereocenters. The van der Waals surface area contributed by atoms with Gasteiger partial charge >= 0.3 is 18.0 Å². The Labute approximate surface area is 233 Å². The van der Waals surface area contributed by atoms with Crippen LogP contribution in [0.3, 0.4) is 0 Å². The molecule has 0 fully saturated rings. The molecule has 0 aliphatic heterocycles. The average Bonchev–Trinajstić information content (AvgIpc) is 2.90. The van der Waals surface area contributed by atoms with Crippen LogP contribution in [0.5, 0.6) is 0 Å². The van der Waals surface area contributed by atoms with Crippen molar-refractivity contribution in [3.8, 4) is 0 Å². The lowest BCUT2D eigenvalue weighted by atomic mass is 10.1. The van der Waals surface area contributed by atoms with E-state index >= 15 is 0 Å². The molecule has 4 N–H and O–H groups in total. The van der Waals surface area contributed by atoms with Gasteiger partial charge in [0, 0.05) is 12.8 Å². The van der Waals surface area contributed by atoms with E-state index in [-0.39, 0.29) is 38.9 Å². The van der Waals surface area contributed by atoms with Crippen LogP contribution in [0.15, 0.2) is 60.7 Å². The molecule has 11 nitrogen and oxygen atoms in total. The zero-order valence-electron chi connectivity index (χ0n) is 23.0. The maximum absolute atomic E-state index is 13.0. The molecule has 2 aromatic carbocycles. The van der Waals surface area contributed by atoms with E-state index in [0.717, 1.165) is 11.1 Å². The van der Waals surface area contributed by atoms with E-state index in [1.54, 1.807) is 45.0 Å². The highest BCUT2D eigenvalue weighted by Crippen LogP contribution is 2.10. The van der Waals surface area contributed by atoms with E-state index in [9.17, 15) is 24.0 Å². The van der Waals surface area contributed by atoms with Crippen molar-refractivity contribution in [3.05, 3.63) is 71.8 Å². The van der Waals surface area contributed by atoms with Gasteiger partial charge in [-0.3, -0.25) is 19.2 Å². The van der Waals surface area contributed by atoms with E-state index in [1.165, 1.54) is 0 Å². The molecule has 0 spiro atoms. The standard InChI is InChI=1S/C29H37N3O8/c1-29(2,3)40-28(37)32-23(15-17-25(34)39-19-21-12-8-5-9-13-21)27(36)31-22(26(30)35)14-16-24(33)38-18-20-10-6-4-7-11-20/h4-13,22-23H,14-19H2,1-3H3,(H2,30,35)(H,31,36)(H,32,37)/t22-,23-/m0/s1. The van der Waals surface area contributed by atoms with Gasteiger partial charge in [-0.25, -0.2) is 4.79 Å². The number of esters is 2. The second-order valence-electron chi connectivity index (χ2n) is 10.0. The van der Waals surface area contributed by atoms with Gasteiger partial charge in [-0.15, -0.1) is 0 Å². The monoisotopic (exact) mass is 555 g/mol. The van der Waals surface area contributed by atoms with E-state index in [2.05, 4.69) is 10.6 Å². The largest absolute Gasteiger partial charge is 0.461 e. The fraction of sp³-hybridized carbons (Fsp3) is 0.414. The fourth-order valence-corrected chi connectivity index (χ4v) is 3.42. The highest BCUT2D eigenvalue weighted by Gasteiger charge is 2.28. The van der Waals surface area contributed by atoms with Crippen molar-refractivity contribution >= 4 is 29.8 Å². The van der Waals surface area contributed by atoms with Crippen LogP contribution < -0.4 is 16.4 Å². The summed E-state index contributed by atoms with van der Waals surface area (Å²) < 4.78 is 15.7. The van der Waals surface area contributed by atoms with Gasteiger partial charge in [-0.05, 0) is 44.7 Å². The topological polar surface area (TPSA) is 163 Å². The SMILES string of the molecule is CC(C)(C)OC(=O)N[C@@H](CCC(=O)OCc1ccccc1)C(=O)N[C@@H](CCC(=O)OCc1ccccc1)C(N)=O. The van der Waals surface area contributed by atoms with Gasteiger partial charge in [0.25, 0.3) is 0 Å². The van der Waals surface area contributed by atoms with Gasteiger partial charge in [0.15, 0.2) is 0 Å². The first-order valence-corrected chi connectivity index (χ1v) is 12.9. The van der Waals surface area contributed by atoms with Gasteiger partial charge in [0.2, 0.25) is 11.8 Å². The molecule has 11 heteroatoms. The van der Waals surface area contributed by atoms with E-state index < -0.39 is 47.5 Å². The molecule has 0 saturated carbocycles. The number of rotatable bonds is 14. The molecule has 0 bridgehead atoms. The number of carbonyl (C=O) groups excluding carboxylic acids is 5. The lowest BCUT2D eigenvalue weighted by Gasteiger charge is -2.24. The van der Waals surface area contributed by atoms with Crippen molar-refractivity contribution in [2.75, 3.05) is 0 Å². The quantitative estimate of drug-likeness (QED) is 0.237. The third-order valence-corrected chi connectivity index (χ3v) is 5.43. The van der Waals surface area contributed by atoms with Crippen LogP contribution >= 0.6 is 0 Å². The zero-order chi connectivity index (χ0) is 29.5. The number of alkyl carbamates (subject to hydrolysis) is 1. The molecule has 0 radical (unpaired) electrons. The Morgan fingerprint density at radius 1 is 0.725 bits per heavy atom. The Hall–Kier alpha value is -4.41. The smallest absolute Gasteiger partial charge is 0.408 e. The summed E-state index contributed by atoms with van der Waals surface area (Å²) in [5.74, 6) is -2.81. The molecular formula is C29H37N3O8. The fourth-order valence-electron chi connectivity index (χ4n) is 3.42. The van der Waals surface area contributed by atoms with Crippen LogP contribution in [0.1, 0.15) is 57.6 Å². The van der Waals surface area contributed by atoms with Gasteiger partial charge in [-0.2, -0.15) is 0 Å². The van der Waals surface area contributed by atoms with Crippen molar-refractivity contribution in [2.24, 2.45) is 5.73 Å². The Balaban J connectivity index is 1.95. The van der Waals surface area contributed by atoms with Gasteiger partial charge in [-0.1, -0.05) is 60.7 Å². The van der Waals surface area contributed by atoms with Crippen molar-refractivity contribution in [1.82, 2.24) is 10.6 Å². The maximum atomic E-state index is 13.0. The third kappa shape index (κ3) is 12.9. The normalized spacial score (nSPS) is 12.4. The molecule has 0 aliphatic rings. The number of carbonyl (C=O) groups is 5. The Morgan fingerprint density at radius 2 is 1.18 bits per heavy atom. The first kappa shape index (κ1) is 31.8. The molecule has 0 unspecified atom stereocenters. The second kappa shape index (κ2) is 15.9. The molecule has 0 aliphatic carbocycles. The maximum Gasteiger partial charge on any atom is 0.408 e. The number of nitrogens with two attached hydrogens (primary N) is 1. The number of ether oxygens (including phenoxy) is 3. The first-order chi connectivity index (χ1) is 18.9. The zero-order valence-corrected chi connectivity index (χ0v) is 23.0. The lowest BCUT2D eigenvalue weighted by molar-refractivity contribution is -0.146. The van der Waals surface area contributed by atoms with Gasteiger partial charge in [0.05, 0.1) is 0 Å². The van der Waals surface area contributed by atoms with Crippen LogP contribution in [-0.4, -0.2) is 47.5 Å². The van der Waals surface area contributed by atoms with E-state index in [0.29, 0.717) is 0 Å². The van der Waals surface area contributed by atoms with Gasteiger partial charge in [0.1, 0.15) is 30.9 Å². The number of hydrogen-bond donors (Lipinski definition) is 3. The molecule has 3 amide bonds. The Bertz CT molecular complexity index is 1130. The number of nitrogens with one attached hydrogen (secondary N) is 2. The predicted molar refractivity (Wildman–Crippen MR) is 145 cm³/mol. The van der Waals surface area contributed by atoms with Crippen LogP contribution in [0.2, 0.25) is 0 Å². The molecule has 0 heterocycles. The summed E-state index contributed by atoms with van der Waals surface area (Å²) in [5.41, 5.74) is 6.20. The highest BCUT2D eigenvalue weighted by molar-refractivity contribution is 5.91. The van der Waals surface area contributed by atoms with Crippen molar-refractivity contribution in [3.63, 3.8) is 0 Å². The van der Waals surface area contributed by atoms with Crippen LogP contribution in [-0.2, 0) is 46.6 Å². The molecule has 2 rings (SSSR count). The number of benzene rings is 2. The molecule has 40 heavy (non-hydrogen) atoms. The minimum atomic E-state index is -1.24. The summed E-state index contributed by atoms with van der Waals surface area (Å²) in [4.78, 5) is 61.9. The Kier molecular flexibility index (Phi) is 12.6. The first-order valence-electron chi connectivity index (χ1n) is 12.9. The van der Waals surface area contributed by atoms with Crippen LogP contribution in [0.4, 0.5) is 4.79 Å². The van der Waals surface area contributed by atoms with Crippen LogP contribution in [0.25, 0.3) is 0 Å². The minimum absolute atomic E-state index is 0.0557. The number of hydrogen-bond acceptors (Lipinski definition) is 8. The van der Waals surface area contributed by atoms with Gasteiger partial charge < -0.3 is 30.6 Å². The summed E-state index contributed by atoms with van der Waals surface area (Å²) in [6, 6.07) is 15.7. The van der Waals surface area contributed by atoms with Crippen molar-refractivity contribution < 1.29 is 38.2 Å². The number of primary amides is 1. The molecule has 0 saturated heterocycles. The number of amides is 3. The molecule has 0 aromatic heterocycles. The van der Waals surface area contributed by atoms with Crippen LogP contribution in [0, 0.1) is 0 Å². The summed E-state index contributed by atoms with van der Waals surface area (Å²) in [7, 11) is 0. The highest BCUT2D eigenvalue weighted by atomic mass is 16.6. The lowest BCUT2D eigenvalue weighted by Crippen LogP contribution is -2.53. The Morgan fingerprint density at radius 3 is 1.60 bits per heavy atom. The average molecular weight is 556 g/mol. The molecule has 2 aromatic rings. The molecule has 216 valence electrons. The second-order valence-corrected chi connectivity index (χ2v) is 10.0. The van der Waals surface area contributed by atoms with Crippen molar-refractivity contribution in [2.45, 2.75) is 77.4 Å². The summed E-state index contributed by atoms with van der Waals surface area (Å²) in [5, 5.41) is 4.88. The summed E-state index contributed by atoms with van der Waals surface area (Å²) in [6.45, 7) is 5.09. The van der Waals surface area contributed by atoms with Crippen molar-refractivity contribution in [1.29, 1.82) is 0 Å². The summed E-state index contributed by atoms with van der Waals surface area (Å²) in [6.07, 6.45) is -1.52. The van der Waals surface area contributed by atoms with E-state index in [4.69, 9.17) is 19.9 Å². The van der Waals surface area contributed by atoms with E-state index in [1.807, 2.05) is 36.4 Å². The minimum Gasteiger partial charge on any atom is -0.461 e.